The first-order valence-electron chi connectivity index (χ1n) is 6.01. The summed E-state index contributed by atoms with van der Waals surface area (Å²) in [6.45, 7) is 0. The molecule has 0 amide bonds. The van der Waals surface area contributed by atoms with E-state index in [9.17, 15) is 13.6 Å². The van der Waals surface area contributed by atoms with Gasteiger partial charge in [-0.15, -0.1) is 0 Å². The highest BCUT2D eigenvalue weighted by atomic mass is 32.2. The average molecular weight is 308 g/mol. The standard InChI is InChI=1S/C13H10F2N4OS/c1-21-13-17-9(6-10(20)18-13)19-8-5-3-2-4-7(8)16-12(19)11(14)15/h2-6,11H,1H3,(H,17,18,20). The molecular weight excluding hydrogens is 298 g/mol. The number of rotatable bonds is 3. The van der Waals surface area contributed by atoms with Crippen LogP contribution < -0.4 is 5.56 Å². The van der Waals surface area contributed by atoms with Crippen LogP contribution in [0.2, 0.25) is 0 Å². The largest absolute Gasteiger partial charge is 0.301 e. The van der Waals surface area contributed by atoms with Gasteiger partial charge in [-0.25, -0.2) is 18.7 Å². The molecule has 0 fully saturated rings. The van der Waals surface area contributed by atoms with Crippen LogP contribution in [0.25, 0.3) is 16.9 Å². The molecule has 8 heteroatoms. The molecule has 1 N–H and O–H groups in total. The molecule has 21 heavy (non-hydrogen) atoms. The van der Waals surface area contributed by atoms with E-state index in [-0.39, 0.29) is 5.82 Å². The van der Waals surface area contributed by atoms with Crippen LogP contribution in [0.4, 0.5) is 8.78 Å². The third-order valence-electron chi connectivity index (χ3n) is 2.91. The quantitative estimate of drug-likeness (QED) is 0.597. The van der Waals surface area contributed by atoms with E-state index in [1.807, 2.05) is 0 Å². The summed E-state index contributed by atoms with van der Waals surface area (Å²) in [6, 6.07) is 7.92. The number of aromatic nitrogens is 4. The number of alkyl halides is 2. The van der Waals surface area contributed by atoms with Crippen LogP contribution in [-0.2, 0) is 0 Å². The van der Waals surface area contributed by atoms with E-state index in [0.29, 0.717) is 16.2 Å². The first-order valence-corrected chi connectivity index (χ1v) is 7.24. The SMILES string of the molecule is CSc1nc(-n2c(C(F)F)nc3ccccc32)cc(=O)[nH]1. The van der Waals surface area contributed by atoms with Crippen molar-refractivity contribution in [2.45, 2.75) is 11.6 Å². The fraction of sp³-hybridized carbons (Fsp3) is 0.154. The summed E-state index contributed by atoms with van der Waals surface area (Å²) < 4.78 is 27.7. The highest BCUT2D eigenvalue weighted by Gasteiger charge is 2.21. The van der Waals surface area contributed by atoms with Gasteiger partial charge in [0.2, 0.25) is 0 Å². The first kappa shape index (κ1) is 13.7. The monoisotopic (exact) mass is 308 g/mol. The highest BCUT2D eigenvalue weighted by molar-refractivity contribution is 7.98. The van der Waals surface area contributed by atoms with Crippen molar-refractivity contribution < 1.29 is 8.78 Å². The van der Waals surface area contributed by atoms with Crippen molar-refractivity contribution in [1.82, 2.24) is 19.5 Å². The molecule has 0 saturated carbocycles. The molecule has 0 saturated heterocycles. The second-order valence-electron chi connectivity index (χ2n) is 4.21. The van der Waals surface area contributed by atoms with Crippen LogP contribution in [0.15, 0.2) is 40.3 Å². The van der Waals surface area contributed by atoms with Crippen molar-refractivity contribution >= 4 is 22.8 Å². The smallest absolute Gasteiger partial charge is 0.296 e. The zero-order valence-electron chi connectivity index (χ0n) is 10.9. The summed E-state index contributed by atoms with van der Waals surface area (Å²) in [6.07, 6.45) is -1.03. The molecule has 0 spiro atoms. The van der Waals surface area contributed by atoms with Gasteiger partial charge in [0.25, 0.3) is 12.0 Å². The van der Waals surface area contributed by atoms with Crippen LogP contribution in [0.5, 0.6) is 0 Å². The van der Waals surface area contributed by atoms with Crippen molar-refractivity contribution in [2.24, 2.45) is 0 Å². The Kier molecular flexibility index (Phi) is 3.46. The Morgan fingerprint density at radius 1 is 1.29 bits per heavy atom. The van der Waals surface area contributed by atoms with E-state index in [1.165, 1.54) is 22.4 Å². The van der Waals surface area contributed by atoms with E-state index < -0.39 is 17.8 Å². The maximum absolute atomic E-state index is 13.2. The Hall–Kier alpha value is -2.22. The number of para-hydroxylation sites is 2. The molecule has 108 valence electrons. The molecule has 5 nitrogen and oxygen atoms in total. The molecule has 0 radical (unpaired) electrons. The van der Waals surface area contributed by atoms with Gasteiger partial charge in [0.1, 0.15) is 5.82 Å². The van der Waals surface area contributed by atoms with Gasteiger partial charge in [-0.2, -0.15) is 0 Å². The molecule has 0 aliphatic rings. The van der Waals surface area contributed by atoms with Crippen molar-refractivity contribution in [1.29, 1.82) is 0 Å². The van der Waals surface area contributed by atoms with Crippen molar-refractivity contribution in [3.63, 3.8) is 0 Å². The summed E-state index contributed by atoms with van der Waals surface area (Å²) in [7, 11) is 0. The van der Waals surface area contributed by atoms with Gasteiger partial charge in [0.05, 0.1) is 11.0 Å². The number of halogens is 2. The third kappa shape index (κ3) is 2.42. The van der Waals surface area contributed by atoms with E-state index in [4.69, 9.17) is 0 Å². The minimum atomic E-state index is -2.77. The van der Waals surface area contributed by atoms with E-state index in [1.54, 1.807) is 30.5 Å². The molecule has 0 bridgehead atoms. The summed E-state index contributed by atoms with van der Waals surface area (Å²) in [4.78, 5) is 22.3. The predicted octanol–water partition coefficient (Wildman–Crippen LogP) is 2.77. The van der Waals surface area contributed by atoms with E-state index in [2.05, 4.69) is 15.0 Å². The zero-order chi connectivity index (χ0) is 15.0. The van der Waals surface area contributed by atoms with Crippen molar-refractivity contribution in [2.75, 3.05) is 6.26 Å². The van der Waals surface area contributed by atoms with Crippen LogP contribution in [0, 0.1) is 0 Å². The summed E-state index contributed by atoms with van der Waals surface area (Å²) >= 11 is 1.23. The molecule has 2 aromatic heterocycles. The molecule has 1 aromatic carbocycles. The Bertz CT molecular complexity index is 859. The Labute approximate surface area is 122 Å². The topological polar surface area (TPSA) is 63.6 Å². The number of H-pyrrole nitrogens is 1. The number of hydrogen-bond donors (Lipinski definition) is 1. The number of imidazole rings is 1. The van der Waals surface area contributed by atoms with Crippen LogP contribution >= 0.6 is 11.8 Å². The van der Waals surface area contributed by atoms with Gasteiger partial charge in [0, 0.05) is 6.07 Å². The van der Waals surface area contributed by atoms with Crippen LogP contribution in [0.1, 0.15) is 12.2 Å². The minimum absolute atomic E-state index is 0.132. The number of thioether (sulfide) groups is 1. The lowest BCUT2D eigenvalue weighted by Crippen LogP contribution is -2.13. The number of fused-ring (bicyclic) bond motifs is 1. The number of hydrogen-bond acceptors (Lipinski definition) is 4. The van der Waals surface area contributed by atoms with E-state index in [0.717, 1.165) is 0 Å². The summed E-state index contributed by atoms with van der Waals surface area (Å²) in [5, 5.41) is 0.357. The molecule has 3 aromatic rings. The predicted molar refractivity (Wildman–Crippen MR) is 76.2 cm³/mol. The third-order valence-corrected chi connectivity index (χ3v) is 3.49. The second kappa shape index (κ2) is 5.28. The first-order chi connectivity index (χ1) is 10.1. The fourth-order valence-corrected chi connectivity index (χ4v) is 2.45. The van der Waals surface area contributed by atoms with Crippen LogP contribution in [-0.4, -0.2) is 25.8 Å². The lowest BCUT2D eigenvalue weighted by Gasteiger charge is -2.08. The van der Waals surface area contributed by atoms with Crippen molar-refractivity contribution in [3.05, 3.63) is 46.5 Å². The molecule has 0 aliphatic carbocycles. The van der Waals surface area contributed by atoms with E-state index >= 15 is 0 Å². The molecule has 2 heterocycles. The number of nitrogens with zero attached hydrogens (tertiary/aromatic N) is 3. The number of benzene rings is 1. The molecular formula is C13H10F2N4OS. The van der Waals surface area contributed by atoms with Crippen LogP contribution in [0.3, 0.4) is 0 Å². The Balaban J connectivity index is 2.35. The van der Waals surface area contributed by atoms with Gasteiger partial charge in [-0.3, -0.25) is 9.36 Å². The average Bonchev–Trinajstić information content (AvgIpc) is 2.86. The van der Waals surface area contributed by atoms with Crippen molar-refractivity contribution in [3.8, 4) is 5.82 Å². The summed E-state index contributed by atoms with van der Waals surface area (Å²) in [5.41, 5.74) is 0.515. The second-order valence-corrected chi connectivity index (χ2v) is 5.00. The Morgan fingerprint density at radius 2 is 2.05 bits per heavy atom. The lowest BCUT2D eigenvalue weighted by molar-refractivity contribution is 0.139. The van der Waals surface area contributed by atoms with Gasteiger partial charge >= 0.3 is 0 Å². The highest BCUT2D eigenvalue weighted by Crippen LogP contribution is 2.26. The summed E-state index contributed by atoms with van der Waals surface area (Å²) in [5.74, 6) is -0.298. The zero-order valence-corrected chi connectivity index (χ0v) is 11.7. The molecule has 0 aliphatic heterocycles. The minimum Gasteiger partial charge on any atom is -0.301 e. The number of aromatic amines is 1. The maximum atomic E-state index is 13.2. The van der Waals surface area contributed by atoms with Gasteiger partial charge < -0.3 is 4.98 Å². The Morgan fingerprint density at radius 3 is 2.76 bits per heavy atom. The van der Waals surface area contributed by atoms with Gasteiger partial charge in [-0.1, -0.05) is 23.9 Å². The molecule has 0 atom stereocenters. The molecule has 0 unspecified atom stereocenters. The molecule has 3 rings (SSSR count). The maximum Gasteiger partial charge on any atom is 0.296 e. The fourth-order valence-electron chi connectivity index (χ4n) is 2.07. The normalized spacial score (nSPS) is 11.4. The lowest BCUT2D eigenvalue weighted by atomic mass is 10.3. The van der Waals surface area contributed by atoms with Gasteiger partial charge in [0.15, 0.2) is 11.0 Å². The van der Waals surface area contributed by atoms with Gasteiger partial charge in [-0.05, 0) is 18.4 Å². The number of nitrogens with one attached hydrogen (secondary N) is 1.